The fourth-order valence-corrected chi connectivity index (χ4v) is 10.5. The molecule has 0 radical (unpaired) electrons. The van der Waals surface area contributed by atoms with Crippen molar-refractivity contribution in [2.45, 2.75) is 309 Å². The monoisotopic (exact) mass is 1400 g/mol. The van der Waals surface area contributed by atoms with E-state index < -0.39 is 24.3 Å². The van der Waals surface area contributed by atoms with Gasteiger partial charge in [0.2, 0.25) is 0 Å². The van der Waals surface area contributed by atoms with Crippen LogP contribution in [0.3, 0.4) is 0 Å². The molecule has 1 N–H and O–H groups in total. The molecule has 9 heteroatoms. The number of allylic oxidation sites excluding steroid dienone is 34. The van der Waals surface area contributed by atoms with Crippen LogP contribution in [0.2, 0.25) is 0 Å². The zero-order valence-electron chi connectivity index (χ0n) is 65.0. The normalized spacial score (nSPS) is 13.8. The van der Waals surface area contributed by atoms with E-state index in [0.29, 0.717) is 17.4 Å². The Labute approximate surface area is 620 Å². The fraction of sp³-hybridized carbons (Fsp3) is 0.598. The molecule has 101 heavy (non-hydrogen) atoms. The van der Waals surface area contributed by atoms with Crippen molar-refractivity contribution < 1.29 is 42.9 Å². The van der Waals surface area contributed by atoms with Gasteiger partial charge in [-0.3, -0.25) is 9.59 Å². The summed E-state index contributed by atoms with van der Waals surface area (Å²) in [5.74, 6) is -2.05. The van der Waals surface area contributed by atoms with Crippen LogP contribution in [0.15, 0.2) is 207 Å². The van der Waals surface area contributed by atoms with Crippen LogP contribution in [0.5, 0.6) is 0 Å². The van der Waals surface area contributed by atoms with Gasteiger partial charge in [-0.05, 0) is 148 Å². The minimum atomic E-state index is -1.53. The lowest BCUT2D eigenvalue weighted by Gasteiger charge is -2.25. The number of aliphatic carboxylic acids is 1. The van der Waals surface area contributed by atoms with Gasteiger partial charge in [-0.25, -0.2) is 4.79 Å². The highest BCUT2D eigenvalue weighted by atomic mass is 16.7. The summed E-state index contributed by atoms with van der Waals surface area (Å²) in [7, 11) is 5.96. The number of nitrogens with zero attached hydrogens (tertiary/aromatic N) is 1. The molecule has 0 spiro atoms. The van der Waals surface area contributed by atoms with E-state index in [-0.39, 0.29) is 38.6 Å². The van der Waals surface area contributed by atoms with Crippen molar-refractivity contribution in [2.24, 2.45) is 0 Å². The van der Waals surface area contributed by atoms with Crippen LogP contribution in [0.1, 0.15) is 296 Å². The molecule has 2 atom stereocenters. The largest absolute Gasteiger partial charge is 0.477 e. The second kappa shape index (κ2) is 79.6. The Morgan fingerprint density at radius 1 is 0.297 bits per heavy atom. The quantitative estimate of drug-likeness (QED) is 0.0211. The number of carboxylic acids is 1. The molecule has 0 saturated heterocycles. The van der Waals surface area contributed by atoms with E-state index in [2.05, 4.69) is 220 Å². The topological polar surface area (TPSA) is 108 Å². The molecule has 0 aliphatic heterocycles. The number of unbranched alkanes of at least 4 members (excludes halogenated alkanes) is 23. The number of esters is 2. The molecule has 2 unspecified atom stereocenters. The first-order valence-electron chi connectivity index (χ1n) is 40.2. The molecule has 0 fully saturated rings. The number of rotatable bonds is 72. The lowest BCUT2D eigenvalue weighted by atomic mass is 10.0. The predicted molar refractivity (Wildman–Crippen MR) is 437 cm³/mol. The Balaban J connectivity index is 4.13. The molecule has 0 saturated carbocycles. The van der Waals surface area contributed by atoms with E-state index in [9.17, 15) is 19.5 Å². The van der Waals surface area contributed by atoms with Crippen LogP contribution in [0.4, 0.5) is 0 Å². The van der Waals surface area contributed by atoms with Crippen LogP contribution in [0, 0.1) is 0 Å². The summed E-state index contributed by atoms with van der Waals surface area (Å²) in [5.41, 5.74) is 0. The Morgan fingerprint density at radius 2 is 0.535 bits per heavy atom. The van der Waals surface area contributed by atoms with Crippen molar-refractivity contribution in [1.82, 2.24) is 0 Å². The van der Waals surface area contributed by atoms with E-state index in [4.69, 9.17) is 18.9 Å². The zero-order valence-corrected chi connectivity index (χ0v) is 65.0. The smallest absolute Gasteiger partial charge is 0.361 e. The number of carbonyl (C=O) groups is 3. The summed E-state index contributed by atoms with van der Waals surface area (Å²) in [5, 5.41) is 9.77. The summed E-state index contributed by atoms with van der Waals surface area (Å²) in [4.78, 5) is 37.7. The van der Waals surface area contributed by atoms with Crippen LogP contribution < -0.4 is 0 Å². The summed E-state index contributed by atoms with van der Waals surface area (Å²) >= 11 is 0. The number of hydrogen-bond donors (Lipinski definition) is 1. The molecule has 9 nitrogen and oxygen atoms in total. The van der Waals surface area contributed by atoms with Crippen molar-refractivity contribution in [3.05, 3.63) is 207 Å². The lowest BCUT2D eigenvalue weighted by Crippen LogP contribution is -2.40. The van der Waals surface area contributed by atoms with E-state index in [0.717, 1.165) is 154 Å². The van der Waals surface area contributed by atoms with Crippen molar-refractivity contribution in [1.29, 1.82) is 0 Å². The first-order chi connectivity index (χ1) is 49.6. The van der Waals surface area contributed by atoms with Gasteiger partial charge in [-0.1, -0.05) is 342 Å². The van der Waals surface area contributed by atoms with Crippen LogP contribution in [0.25, 0.3) is 0 Å². The van der Waals surface area contributed by atoms with Gasteiger partial charge in [-0.15, -0.1) is 0 Å². The Morgan fingerprint density at radius 3 is 0.792 bits per heavy atom. The summed E-state index contributed by atoms with van der Waals surface area (Å²) in [6.45, 7) is 4.61. The van der Waals surface area contributed by atoms with E-state index in [1.807, 2.05) is 21.1 Å². The van der Waals surface area contributed by atoms with Crippen LogP contribution in [-0.2, 0) is 33.3 Å². The zero-order chi connectivity index (χ0) is 73.2. The number of likely N-dealkylation sites (N-methyl/N-ethyl adjacent to an activating group) is 1. The van der Waals surface area contributed by atoms with Gasteiger partial charge in [0.15, 0.2) is 6.10 Å². The van der Waals surface area contributed by atoms with Gasteiger partial charge in [0.25, 0.3) is 6.29 Å². The SMILES string of the molecule is CC/C=C\C/C=C\C/C=C\C/C=C\C/C=C\C/C=C\C/C=C\C/C=C\C/C=C\C/C=C\CCCCCCC(=O)OC(COC(=O)CCCCCCCCCCCCCCCCCCCCC/C=C\C/C=C\C/C=C\C/C=C\C/C=C\C/C=C\C/C=C\CC)COC(OCC[N+](C)(C)C)C(=O)O. The highest BCUT2D eigenvalue weighted by Crippen LogP contribution is 2.17. The van der Waals surface area contributed by atoms with Crippen LogP contribution >= 0.6 is 0 Å². The third-order valence-electron chi connectivity index (χ3n) is 16.5. The number of hydrogen-bond acceptors (Lipinski definition) is 7. The fourth-order valence-electron chi connectivity index (χ4n) is 10.5. The second-order valence-electron chi connectivity index (χ2n) is 27.3. The van der Waals surface area contributed by atoms with Gasteiger partial charge in [-0.2, -0.15) is 0 Å². The first-order valence-corrected chi connectivity index (χ1v) is 40.2. The molecule has 0 aromatic carbocycles. The van der Waals surface area contributed by atoms with Crippen LogP contribution in [-0.4, -0.2) is 87.4 Å². The molecule has 0 heterocycles. The number of carboxylic acid groups (broad SMARTS) is 1. The molecule has 0 aromatic heterocycles. The molecule has 0 bridgehead atoms. The Hall–Kier alpha value is -6.13. The molecular weight excluding hydrogens is 1250 g/mol. The van der Waals surface area contributed by atoms with Gasteiger partial charge in [0.05, 0.1) is 34.4 Å². The van der Waals surface area contributed by atoms with Crippen molar-refractivity contribution in [3.8, 4) is 0 Å². The van der Waals surface area contributed by atoms with E-state index in [1.165, 1.54) is 109 Å². The molecular formula is C92H148NO8+. The summed E-state index contributed by atoms with van der Waals surface area (Å²) in [6.07, 6.45) is 121. The summed E-state index contributed by atoms with van der Waals surface area (Å²) < 4.78 is 23.0. The molecule has 0 aliphatic carbocycles. The maximum atomic E-state index is 13.0. The third-order valence-corrected chi connectivity index (χ3v) is 16.5. The average Bonchev–Trinajstić information content (AvgIpc) is 1.25. The second-order valence-corrected chi connectivity index (χ2v) is 27.3. The van der Waals surface area contributed by atoms with Crippen molar-refractivity contribution in [2.75, 3.05) is 47.5 Å². The number of carbonyl (C=O) groups excluding carboxylic acids is 2. The number of ether oxygens (including phenoxy) is 4. The van der Waals surface area contributed by atoms with Gasteiger partial charge in [0, 0.05) is 12.8 Å². The molecule has 0 aliphatic rings. The van der Waals surface area contributed by atoms with Gasteiger partial charge < -0.3 is 28.5 Å². The van der Waals surface area contributed by atoms with Crippen molar-refractivity contribution >= 4 is 17.9 Å². The third kappa shape index (κ3) is 81.0. The van der Waals surface area contributed by atoms with Gasteiger partial charge in [0.1, 0.15) is 13.2 Å². The van der Waals surface area contributed by atoms with Crippen molar-refractivity contribution in [3.63, 3.8) is 0 Å². The Bertz CT molecular complexity index is 2420. The van der Waals surface area contributed by atoms with E-state index in [1.54, 1.807) is 0 Å². The maximum Gasteiger partial charge on any atom is 0.361 e. The van der Waals surface area contributed by atoms with Gasteiger partial charge >= 0.3 is 17.9 Å². The number of quaternary nitrogens is 1. The first kappa shape index (κ1) is 94.9. The lowest BCUT2D eigenvalue weighted by molar-refractivity contribution is -0.870. The highest BCUT2D eigenvalue weighted by Gasteiger charge is 2.25. The predicted octanol–water partition coefficient (Wildman–Crippen LogP) is 26.3. The minimum Gasteiger partial charge on any atom is -0.477 e. The maximum absolute atomic E-state index is 13.0. The molecule has 0 amide bonds. The summed E-state index contributed by atoms with van der Waals surface area (Å²) in [6, 6.07) is 0. The Kier molecular flexibility index (Phi) is 74.7. The minimum absolute atomic E-state index is 0.173. The molecule has 0 rings (SSSR count). The van der Waals surface area contributed by atoms with E-state index >= 15 is 0 Å². The molecule has 0 aromatic rings. The standard InChI is InChI=1S/C92H147NO8/c1-6-8-10-12-14-16-18-20-22-24-26-28-30-32-34-36-38-40-42-43-44-45-46-47-49-50-52-54-56-58-60-62-64-66-68-70-72-74-76-78-80-82-89(94)99-86-88(87-100-92(91(96)97)98-85-84-93(3,4)5)101-90(95)83-81-79-77-75-73-71-69-67-65-63-61-59-57-55-53-51-48-41-39-37-35-33-31-29-27-25-23-21-19-17-15-13-11-9-7-2/h8-11,14-17,20-23,26-29,32-35,38-41,43-44,51,53,57,59,63,65,69,71,88,92H,6-7,12-13,18-19,24-25,30-31,36-37,42,45-50,52,54-56,58,60-62,64,66-68,70,72-87H2,1-5H3/p+1/b10-8-,11-9-,16-14-,17-15-,22-20-,23-21-,28-26-,29-27-,34-32-,35-33-,40-38-,41-39-,44-43-,53-51-,59-57-,65-63-,71-69-. The highest BCUT2D eigenvalue weighted by molar-refractivity contribution is 5.71. The average molecular weight is 1400 g/mol. The molecule has 568 valence electrons.